The number of amides is 1. The predicted molar refractivity (Wildman–Crippen MR) is 123 cm³/mol. The molecule has 3 aromatic rings. The number of aryl methyl sites for hydroxylation is 1. The Labute approximate surface area is 182 Å². The third-order valence-corrected chi connectivity index (χ3v) is 5.34. The summed E-state index contributed by atoms with van der Waals surface area (Å²) in [6.07, 6.45) is 1.76. The van der Waals surface area contributed by atoms with Crippen molar-refractivity contribution in [2.75, 3.05) is 55.4 Å². The summed E-state index contributed by atoms with van der Waals surface area (Å²) in [7, 11) is 3.97. The fourth-order valence-corrected chi connectivity index (χ4v) is 3.52. The SMILES string of the molecule is Cc1ccnc(Nc2ccc(N3CCN(C(=O)c4ccc(N(C)C)cc4)CC3)nn2)c1. The molecule has 2 aromatic heterocycles. The molecule has 8 heteroatoms. The summed E-state index contributed by atoms with van der Waals surface area (Å²) in [5.74, 6) is 2.27. The maximum atomic E-state index is 12.8. The molecule has 3 heterocycles. The molecule has 0 spiro atoms. The van der Waals surface area contributed by atoms with Crippen molar-refractivity contribution in [1.29, 1.82) is 0 Å². The highest BCUT2D eigenvalue weighted by Crippen LogP contribution is 2.19. The van der Waals surface area contributed by atoms with Gasteiger partial charge in [0.2, 0.25) is 0 Å². The lowest BCUT2D eigenvalue weighted by atomic mass is 10.1. The quantitative estimate of drug-likeness (QED) is 0.684. The van der Waals surface area contributed by atoms with Crippen LogP contribution in [-0.4, -0.2) is 66.3 Å². The number of hydrogen-bond donors (Lipinski definition) is 1. The lowest BCUT2D eigenvalue weighted by molar-refractivity contribution is 0.0746. The number of rotatable bonds is 5. The highest BCUT2D eigenvalue weighted by molar-refractivity contribution is 5.94. The molecule has 0 aliphatic carbocycles. The number of carbonyl (C=O) groups is 1. The van der Waals surface area contributed by atoms with E-state index in [1.807, 2.05) is 79.3 Å². The lowest BCUT2D eigenvalue weighted by Crippen LogP contribution is -2.49. The average Bonchev–Trinajstić information content (AvgIpc) is 2.79. The van der Waals surface area contributed by atoms with Gasteiger partial charge in [-0.05, 0) is 61.0 Å². The Bertz CT molecular complexity index is 1030. The average molecular weight is 418 g/mol. The smallest absolute Gasteiger partial charge is 0.253 e. The molecule has 0 saturated carbocycles. The van der Waals surface area contributed by atoms with Crippen LogP contribution >= 0.6 is 0 Å². The summed E-state index contributed by atoms with van der Waals surface area (Å²) >= 11 is 0. The van der Waals surface area contributed by atoms with Gasteiger partial charge in [-0.15, -0.1) is 10.2 Å². The Morgan fingerprint density at radius 2 is 1.68 bits per heavy atom. The van der Waals surface area contributed by atoms with E-state index in [-0.39, 0.29) is 5.91 Å². The maximum absolute atomic E-state index is 12.8. The largest absolute Gasteiger partial charge is 0.378 e. The third kappa shape index (κ3) is 4.91. The molecule has 1 N–H and O–H groups in total. The number of hydrogen-bond acceptors (Lipinski definition) is 7. The van der Waals surface area contributed by atoms with Gasteiger partial charge in [0.1, 0.15) is 5.82 Å². The second-order valence-electron chi connectivity index (χ2n) is 7.84. The highest BCUT2D eigenvalue weighted by Gasteiger charge is 2.23. The Balaban J connectivity index is 1.33. The van der Waals surface area contributed by atoms with Gasteiger partial charge in [-0.2, -0.15) is 0 Å². The minimum absolute atomic E-state index is 0.0706. The summed E-state index contributed by atoms with van der Waals surface area (Å²) in [4.78, 5) is 23.2. The van der Waals surface area contributed by atoms with Gasteiger partial charge in [0.25, 0.3) is 5.91 Å². The van der Waals surface area contributed by atoms with Crippen LogP contribution in [0, 0.1) is 6.92 Å². The number of pyridine rings is 1. The van der Waals surface area contributed by atoms with Crippen LogP contribution in [0.5, 0.6) is 0 Å². The highest BCUT2D eigenvalue weighted by atomic mass is 16.2. The van der Waals surface area contributed by atoms with E-state index in [1.54, 1.807) is 6.20 Å². The van der Waals surface area contributed by atoms with Crippen molar-refractivity contribution >= 4 is 29.0 Å². The molecule has 4 rings (SSSR count). The van der Waals surface area contributed by atoms with Gasteiger partial charge in [-0.1, -0.05) is 0 Å². The topological polar surface area (TPSA) is 77.5 Å². The molecule has 8 nitrogen and oxygen atoms in total. The monoisotopic (exact) mass is 417 g/mol. The standard InChI is InChI=1S/C23H27N7O/c1-17-10-11-24-21(16-17)25-20-8-9-22(27-26-20)29-12-14-30(15-13-29)23(31)18-4-6-19(7-5-18)28(2)3/h4-11,16H,12-15H2,1-3H3,(H,24,25,26). The van der Waals surface area contributed by atoms with Crippen LogP contribution in [0.1, 0.15) is 15.9 Å². The second-order valence-corrected chi connectivity index (χ2v) is 7.84. The number of carbonyl (C=O) groups excluding carboxylic acids is 1. The van der Waals surface area contributed by atoms with E-state index in [9.17, 15) is 4.79 Å². The molecular formula is C23H27N7O. The van der Waals surface area contributed by atoms with Crippen molar-refractivity contribution in [2.24, 2.45) is 0 Å². The van der Waals surface area contributed by atoms with Crippen molar-refractivity contribution in [3.05, 3.63) is 65.9 Å². The Hall–Kier alpha value is -3.68. The molecule has 0 radical (unpaired) electrons. The minimum atomic E-state index is 0.0706. The van der Waals surface area contributed by atoms with Crippen molar-refractivity contribution in [3.63, 3.8) is 0 Å². The molecule has 1 aliphatic rings. The van der Waals surface area contributed by atoms with Crippen LogP contribution in [0.4, 0.5) is 23.1 Å². The number of benzene rings is 1. The molecule has 1 saturated heterocycles. The van der Waals surface area contributed by atoms with Crippen molar-refractivity contribution < 1.29 is 4.79 Å². The first-order chi connectivity index (χ1) is 15.0. The van der Waals surface area contributed by atoms with Gasteiger partial charge in [0, 0.05) is 57.7 Å². The van der Waals surface area contributed by atoms with E-state index in [1.165, 1.54) is 0 Å². The van der Waals surface area contributed by atoms with Crippen LogP contribution in [0.15, 0.2) is 54.7 Å². The summed E-state index contributed by atoms with van der Waals surface area (Å²) in [5, 5.41) is 11.8. The molecule has 1 aliphatic heterocycles. The Morgan fingerprint density at radius 1 is 0.935 bits per heavy atom. The van der Waals surface area contributed by atoms with E-state index in [0.717, 1.165) is 41.5 Å². The van der Waals surface area contributed by atoms with Gasteiger partial charge in [0.15, 0.2) is 11.6 Å². The summed E-state index contributed by atoms with van der Waals surface area (Å²) in [5.41, 5.74) is 2.93. The van der Waals surface area contributed by atoms with Crippen LogP contribution < -0.4 is 15.1 Å². The van der Waals surface area contributed by atoms with Gasteiger partial charge < -0.3 is 20.0 Å². The van der Waals surface area contributed by atoms with E-state index >= 15 is 0 Å². The predicted octanol–water partition coefficient (Wildman–Crippen LogP) is 2.95. The molecule has 1 amide bonds. The van der Waals surface area contributed by atoms with Crippen molar-refractivity contribution in [2.45, 2.75) is 6.92 Å². The molecule has 0 unspecified atom stereocenters. The zero-order valence-corrected chi connectivity index (χ0v) is 18.1. The second kappa shape index (κ2) is 8.99. The zero-order chi connectivity index (χ0) is 21.8. The Morgan fingerprint density at radius 3 is 2.29 bits per heavy atom. The molecule has 1 aromatic carbocycles. The number of nitrogens with one attached hydrogen (secondary N) is 1. The maximum Gasteiger partial charge on any atom is 0.253 e. The molecule has 160 valence electrons. The molecular weight excluding hydrogens is 390 g/mol. The van der Waals surface area contributed by atoms with E-state index in [0.29, 0.717) is 18.9 Å². The summed E-state index contributed by atoms with van der Waals surface area (Å²) < 4.78 is 0. The van der Waals surface area contributed by atoms with E-state index < -0.39 is 0 Å². The number of aromatic nitrogens is 3. The van der Waals surface area contributed by atoms with Crippen molar-refractivity contribution in [3.8, 4) is 0 Å². The number of anilines is 4. The number of piperazine rings is 1. The first-order valence-electron chi connectivity index (χ1n) is 10.3. The molecule has 31 heavy (non-hydrogen) atoms. The fraction of sp³-hybridized carbons (Fsp3) is 0.304. The van der Waals surface area contributed by atoms with Gasteiger partial charge in [-0.3, -0.25) is 4.79 Å². The Kier molecular flexibility index (Phi) is 5.97. The first-order valence-corrected chi connectivity index (χ1v) is 10.3. The van der Waals surface area contributed by atoms with Crippen LogP contribution in [0.25, 0.3) is 0 Å². The number of nitrogens with zero attached hydrogens (tertiary/aromatic N) is 6. The van der Waals surface area contributed by atoms with Gasteiger partial charge in [0.05, 0.1) is 0 Å². The minimum Gasteiger partial charge on any atom is -0.378 e. The normalized spacial score (nSPS) is 13.8. The molecule has 0 bridgehead atoms. The van der Waals surface area contributed by atoms with Crippen molar-refractivity contribution in [1.82, 2.24) is 20.1 Å². The molecule has 1 fully saturated rings. The third-order valence-electron chi connectivity index (χ3n) is 5.34. The van der Waals surface area contributed by atoms with Gasteiger partial charge in [-0.25, -0.2) is 4.98 Å². The first kappa shape index (κ1) is 20.6. The van der Waals surface area contributed by atoms with E-state index in [2.05, 4.69) is 25.4 Å². The van der Waals surface area contributed by atoms with Gasteiger partial charge >= 0.3 is 0 Å². The van der Waals surface area contributed by atoms with E-state index in [4.69, 9.17) is 0 Å². The lowest BCUT2D eigenvalue weighted by Gasteiger charge is -2.35. The summed E-state index contributed by atoms with van der Waals surface area (Å²) in [6, 6.07) is 15.5. The summed E-state index contributed by atoms with van der Waals surface area (Å²) in [6.45, 7) is 4.78. The molecule has 0 atom stereocenters. The van der Waals surface area contributed by atoms with Crippen LogP contribution in [0.2, 0.25) is 0 Å². The van der Waals surface area contributed by atoms with Crippen LogP contribution in [-0.2, 0) is 0 Å². The fourth-order valence-electron chi connectivity index (χ4n) is 3.52. The zero-order valence-electron chi connectivity index (χ0n) is 18.1. The van der Waals surface area contributed by atoms with Crippen LogP contribution in [0.3, 0.4) is 0 Å².